The van der Waals surface area contributed by atoms with Gasteiger partial charge in [0.1, 0.15) is 11.8 Å². The Kier molecular flexibility index (Phi) is 5.36. The van der Waals surface area contributed by atoms with Crippen molar-refractivity contribution < 1.29 is 14.1 Å². The zero-order valence-corrected chi connectivity index (χ0v) is 15.0. The number of nitrogens with one attached hydrogen (secondary N) is 1. The lowest BCUT2D eigenvalue weighted by molar-refractivity contribution is -0.122. The van der Waals surface area contributed by atoms with Crippen molar-refractivity contribution in [3.05, 3.63) is 41.5 Å². The number of methoxy groups -OCH3 is 1. The lowest BCUT2D eigenvalue weighted by atomic mass is 10.0. The first-order valence-electron chi connectivity index (χ1n) is 8.82. The monoisotopic (exact) mass is 343 g/mol. The van der Waals surface area contributed by atoms with E-state index in [0.29, 0.717) is 24.7 Å². The largest absolute Gasteiger partial charge is 0.497 e. The molecule has 1 atom stereocenters. The molecule has 1 saturated carbocycles. The Morgan fingerprint density at radius 3 is 2.64 bits per heavy atom. The summed E-state index contributed by atoms with van der Waals surface area (Å²) in [6.07, 6.45) is 3.34. The van der Waals surface area contributed by atoms with Crippen LogP contribution in [0.3, 0.4) is 0 Å². The molecule has 0 spiro atoms. The maximum absolute atomic E-state index is 12.4. The van der Waals surface area contributed by atoms with Gasteiger partial charge in [-0.2, -0.15) is 4.98 Å². The van der Waals surface area contributed by atoms with E-state index in [1.165, 1.54) is 0 Å². The van der Waals surface area contributed by atoms with Crippen LogP contribution < -0.4 is 10.1 Å². The van der Waals surface area contributed by atoms with Gasteiger partial charge >= 0.3 is 0 Å². The van der Waals surface area contributed by atoms with E-state index in [9.17, 15) is 4.79 Å². The van der Waals surface area contributed by atoms with E-state index in [-0.39, 0.29) is 17.9 Å². The van der Waals surface area contributed by atoms with Gasteiger partial charge < -0.3 is 14.6 Å². The molecule has 134 valence electrons. The van der Waals surface area contributed by atoms with Gasteiger partial charge in [-0.05, 0) is 42.9 Å². The van der Waals surface area contributed by atoms with Crippen LogP contribution >= 0.6 is 0 Å². The Hall–Kier alpha value is -2.37. The van der Waals surface area contributed by atoms with Crippen LogP contribution in [0.25, 0.3) is 0 Å². The highest BCUT2D eigenvalue weighted by Gasteiger charge is 2.31. The minimum absolute atomic E-state index is 0.0133. The molecule has 2 aromatic rings. The van der Waals surface area contributed by atoms with Crippen molar-refractivity contribution in [2.45, 2.75) is 51.5 Å². The van der Waals surface area contributed by atoms with Crippen molar-refractivity contribution in [2.24, 2.45) is 5.92 Å². The van der Waals surface area contributed by atoms with E-state index in [1.807, 2.05) is 38.1 Å². The van der Waals surface area contributed by atoms with Gasteiger partial charge in [-0.15, -0.1) is 0 Å². The molecule has 0 radical (unpaired) electrons. The Balaban J connectivity index is 1.56. The third-order valence-electron chi connectivity index (χ3n) is 4.45. The first-order valence-corrected chi connectivity index (χ1v) is 8.82. The third-order valence-corrected chi connectivity index (χ3v) is 4.45. The van der Waals surface area contributed by atoms with Crippen molar-refractivity contribution in [2.75, 3.05) is 7.11 Å². The lowest BCUT2D eigenvalue weighted by Gasteiger charge is -2.18. The van der Waals surface area contributed by atoms with E-state index in [1.54, 1.807) is 7.11 Å². The number of hydrogen-bond donors (Lipinski definition) is 1. The predicted molar refractivity (Wildman–Crippen MR) is 93.3 cm³/mol. The van der Waals surface area contributed by atoms with Gasteiger partial charge in [0.2, 0.25) is 11.8 Å². The van der Waals surface area contributed by atoms with Crippen LogP contribution in [-0.2, 0) is 11.2 Å². The summed E-state index contributed by atoms with van der Waals surface area (Å²) in [6.45, 7) is 4.07. The Bertz CT molecular complexity index is 705. The number of hydrogen-bond acceptors (Lipinski definition) is 5. The minimum Gasteiger partial charge on any atom is -0.497 e. The standard InChI is InChI=1S/C19H25N3O3/c1-12(2)17(19-21-18(22-25-19)14-7-8-14)20-16(23)11-6-13-4-9-15(24-3)10-5-13/h4-5,9-10,12,14,17H,6-8,11H2,1-3H3,(H,20,23). The van der Waals surface area contributed by atoms with Gasteiger partial charge in [0.15, 0.2) is 5.82 Å². The molecule has 0 saturated heterocycles. The zero-order chi connectivity index (χ0) is 17.8. The molecule has 25 heavy (non-hydrogen) atoms. The maximum Gasteiger partial charge on any atom is 0.249 e. The Morgan fingerprint density at radius 2 is 2.04 bits per heavy atom. The summed E-state index contributed by atoms with van der Waals surface area (Å²) in [7, 11) is 1.64. The molecule has 1 fully saturated rings. The highest BCUT2D eigenvalue weighted by atomic mass is 16.5. The van der Waals surface area contributed by atoms with Crippen LogP contribution in [0.1, 0.15) is 62.3 Å². The fourth-order valence-electron chi connectivity index (χ4n) is 2.69. The first-order chi connectivity index (χ1) is 12.1. The molecule has 0 aliphatic heterocycles. The summed E-state index contributed by atoms with van der Waals surface area (Å²) in [6, 6.07) is 7.52. The van der Waals surface area contributed by atoms with E-state index in [4.69, 9.17) is 9.26 Å². The fraction of sp³-hybridized carbons (Fsp3) is 0.526. The second-order valence-electron chi connectivity index (χ2n) is 6.90. The van der Waals surface area contributed by atoms with Crippen LogP contribution in [0, 0.1) is 5.92 Å². The van der Waals surface area contributed by atoms with Gasteiger partial charge in [-0.3, -0.25) is 4.79 Å². The van der Waals surface area contributed by atoms with E-state index in [2.05, 4.69) is 15.5 Å². The molecular weight excluding hydrogens is 318 g/mol. The van der Waals surface area contributed by atoms with Gasteiger partial charge in [0.05, 0.1) is 7.11 Å². The summed E-state index contributed by atoms with van der Waals surface area (Å²) in [5.41, 5.74) is 1.10. The number of aromatic nitrogens is 2. The lowest BCUT2D eigenvalue weighted by Crippen LogP contribution is -2.32. The van der Waals surface area contributed by atoms with Crippen LogP contribution in [0.15, 0.2) is 28.8 Å². The zero-order valence-electron chi connectivity index (χ0n) is 15.0. The van der Waals surface area contributed by atoms with Crippen molar-refractivity contribution in [1.29, 1.82) is 0 Å². The number of carbonyl (C=O) groups is 1. The van der Waals surface area contributed by atoms with Crippen LogP contribution in [-0.4, -0.2) is 23.2 Å². The van der Waals surface area contributed by atoms with Gasteiger partial charge in [-0.1, -0.05) is 31.1 Å². The minimum atomic E-state index is -0.247. The number of aryl methyl sites for hydroxylation is 1. The SMILES string of the molecule is COc1ccc(CCC(=O)NC(c2nc(C3CC3)no2)C(C)C)cc1. The Morgan fingerprint density at radius 1 is 1.32 bits per heavy atom. The number of benzene rings is 1. The summed E-state index contributed by atoms with van der Waals surface area (Å²) >= 11 is 0. The number of carbonyl (C=O) groups excluding carboxylic acids is 1. The summed E-state index contributed by atoms with van der Waals surface area (Å²) in [5, 5.41) is 7.09. The molecule has 1 amide bonds. The molecule has 6 nitrogen and oxygen atoms in total. The van der Waals surface area contributed by atoms with Gasteiger partial charge in [0.25, 0.3) is 0 Å². The van der Waals surface area contributed by atoms with Crippen LogP contribution in [0.5, 0.6) is 5.75 Å². The van der Waals surface area contributed by atoms with Crippen molar-refractivity contribution in [3.63, 3.8) is 0 Å². The molecule has 3 rings (SSSR count). The first kappa shape index (κ1) is 17.5. The van der Waals surface area contributed by atoms with E-state index >= 15 is 0 Å². The summed E-state index contributed by atoms with van der Waals surface area (Å²) < 4.78 is 10.5. The molecule has 1 unspecified atom stereocenters. The quantitative estimate of drug-likeness (QED) is 0.795. The fourth-order valence-corrected chi connectivity index (χ4v) is 2.69. The van der Waals surface area contributed by atoms with E-state index in [0.717, 1.165) is 30.0 Å². The van der Waals surface area contributed by atoms with Gasteiger partial charge in [-0.25, -0.2) is 0 Å². The predicted octanol–water partition coefficient (Wildman–Crippen LogP) is 3.40. The second-order valence-corrected chi connectivity index (χ2v) is 6.90. The second kappa shape index (κ2) is 7.68. The third kappa shape index (κ3) is 4.59. The smallest absolute Gasteiger partial charge is 0.249 e. The summed E-state index contributed by atoms with van der Waals surface area (Å²) in [4.78, 5) is 16.8. The summed E-state index contributed by atoms with van der Waals surface area (Å²) in [5.74, 6) is 2.70. The average molecular weight is 343 g/mol. The molecule has 1 aromatic heterocycles. The molecular formula is C19H25N3O3. The van der Waals surface area contributed by atoms with Gasteiger partial charge in [0, 0.05) is 12.3 Å². The van der Waals surface area contributed by atoms with Crippen LogP contribution in [0.2, 0.25) is 0 Å². The normalized spacial score (nSPS) is 15.2. The highest BCUT2D eigenvalue weighted by Crippen LogP contribution is 2.38. The van der Waals surface area contributed by atoms with Crippen molar-refractivity contribution in [3.8, 4) is 5.75 Å². The molecule has 1 aliphatic carbocycles. The number of ether oxygens (including phenoxy) is 1. The van der Waals surface area contributed by atoms with Crippen LogP contribution in [0.4, 0.5) is 0 Å². The highest BCUT2D eigenvalue weighted by molar-refractivity contribution is 5.76. The number of amides is 1. The van der Waals surface area contributed by atoms with Crippen molar-refractivity contribution in [1.82, 2.24) is 15.5 Å². The molecule has 1 N–H and O–H groups in total. The molecule has 6 heteroatoms. The average Bonchev–Trinajstić information content (AvgIpc) is 3.36. The molecule has 1 heterocycles. The van der Waals surface area contributed by atoms with Crippen molar-refractivity contribution >= 4 is 5.91 Å². The van der Waals surface area contributed by atoms with E-state index < -0.39 is 0 Å². The molecule has 1 aliphatic rings. The Labute approximate surface area is 148 Å². The maximum atomic E-state index is 12.4. The molecule has 0 bridgehead atoms. The number of rotatable bonds is 8. The number of nitrogens with zero attached hydrogens (tertiary/aromatic N) is 2. The molecule has 1 aromatic carbocycles. The topological polar surface area (TPSA) is 77.2 Å².